The first-order valence-electron chi connectivity index (χ1n) is 6.66. The Morgan fingerprint density at radius 1 is 1.61 bits per heavy atom. The zero-order valence-electron chi connectivity index (χ0n) is 10.9. The van der Waals surface area contributed by atoms with Crippen molar-refractivity contribution in [3.05, 3.63) is 22.4 Å². The van der Waals surface area contributed by atoms with Crippen LogP contribution in [0.15, 0.2) is 16.8 Å². The first-order valence-corrected chi connectivity index (χ1v) is 7.60. The van der Waals surface area contributed by atoms with E-state index in [2.05, 4.69) is 12.3 Å². The van der Waals surface area contributed by atoms with Crippen molar-refractivity contribution in [1.82, 2.24) is 4.90 Å². The number of hydrogen-bond donors (Lipinski definition) is 0. The van der Waals surface area contributed by atoms with Gasteiger partial charge in [0.2, 0.25) is 5.91 Å². The monoisotopic (exact) mass is 267 g/mol. The summed E-state index contributed by atoms with van der Waals surface area (Å²) in [6.45, 7) is 5.51. The molecule has 100 valence electrons. The van der Waals surface area contributed by atoms with Gasteiger partial charge in [-0.2, -0.15) is 11.3 Å². The number of ether oxygens (including phenoxy) is 1. The lowest BCUT2D eigenvalue weighted by atomic mass is 10.1. The Kier molecular flexibility index (Phi) is 5.20. The first kappa shape index (κ1) is 13.6. The van der Waals surface area contributed by atoms with Gasteiger partial charge in [0, 0.05) is 25.6 Å². The third-order valence-electron chi connectivity index (χ3n) is 3.28. The summed E-state index contributed by atoms with van der Waals surface area (Å²) in [7, 11) is 0. The van der Waals surface area contributed by atoms with E-state index in [9.17, 15) is 4.79 Å². The summed E-state index contributed by atoms with van der Waals surface area (Å²) in [5, 5.41) is 4.07. The Morgan fingerprint density at radius 2 is 2.50 bits per heavy atom. The lowest BCUT2D eigenvalue weighted by molar-refractivity contribution is -0.129. The van der Waals surface area contributed by atoms with Crippen molar-refractivity contribution in [2.24, 2.45) is 5.92 Å². The van der Waals surface area contributed by atoms with Crippen LogP contribution >= 0.6 is 11.3 Å². The van der Waals surface area contributed by atoms with Crippen LogP contribution in [0, 0.1) is 5.92 Å². The summed E-state index contributed by atoms with van der Waals surface area (Å²) in [6, 6.07) is 2.03. The van der Waals surface area contributed by atoms with E-state index >= 15 is 0 Å². The minimum atomic E-state index is 0.256. The molecule has 4 heteroatoms. The summed E-state index contributed by atoms with van der Waals surface area (Å²) in [4.78, 5) is 14.1. The highest BCUT2D eigenvalue weighted by molar-refractivity contribution is 7.07. The molecule has 1 fully saturated rings. The van der Waals surface area contributed by atoms with Crippen LogP contribution in [0.1, 0.15) is 25.3 Å². The molecule has 0 aromatic carbocycles. The highest BCUT2D eigenvalue weighted by Crippen LogP contribution is 2.18. The van der Waals surface area contributed by atoms with Gasteiger partial charge in [-0.25, -0.2) is 0 Å². The molecule has 0 aliphatic carbocycles. The Balaban J connectivity index is 1.72. The standard InChI is InChI=1S/C14H21NO2S/c1-2-6-17-10-13-3-5-15(9-13)14(16)8-12-4-7-18-11-12/h4,7,11,13H,2-3,5-6,8-10H2,1H3/t13-/m0/s1. The Hall–Kier alpha value is -0.870. The van der Waals surface area contributed by atoms with E-state index in [1.54, 1.807) is 11.3 Å². The predicted octanol–water partition coefficient (Wildman–Crippen LogP) is 2.57. The van der Waals surface area contributed by atoms with E-state index < -0.39 is 0 Å². The van der Waals surface area contributed by atoms with Gasteiger partial charge < -0.3 is 9.64 Å². The molecular formula is C14H21NO2S. The highest BCUT2D eigenvalue weighted by atomic mass is 32.1. The third kappa shape index (κ3) is 3.82. The van der Waals surface area contributed by atoms with Crippen LogP contribution in [0.2, 0.25) is 0 Å². The zero-order valence-corrected chi connectivity index (χ0v) is 11.7. The second kappa shape index (κ2) is 6.90. The molecule has 0 N–H and O–H groups in total. The van der Waals surface area contributed by atoms with E-state index in [4.69, 9.17) is 4.74 Å². The molecule has 2 rings (SSSR count). The Morgan fingerprint density at radius 3 is 3.22 bits per heavy atom. The molecule has 2 heterocycles. The second-order valence-corrected chi connectivity index (χ2v) is 5.66. The number of amides is 1. The van der Waals surface area contributed by atoms with Gasteiger partial charge in [0.05, 0.1) is 13.0 Å². The van der Waals surface area contributed by atoms with Gasteiger partial charge in [-0.05, 0) is 35.2 Å². The van der Waals surface area contributed by atoms with Crippen molar-refractivity contribution in [2.75, 3.05) is 26.3 Å². The molecule has 18 heavy (non-hydrogen) atoms. The molecule has 1 aliphatic rings. The minimum absolute atomic E-state index is 0.256. The fourth-order valence-corrected chi connectivity index (χ4v) is 2.94. The first-order chi connectivity index (χ1) is 8.79. The largest absolute Gasteiger partial charge is 0.381 e. The fraction of sp³-hybridized carbons (Fsp3) is 0.643. The average Bonchev–Trinajstić information content (AvgIpc) is 3.00. The molecule has 1 aromatic rings. The lowest BCUT2D eigenvalue weighted by Gasteiger charge is -2.16. The predicted molar refractivity (Wildman–Crippen MR) is 73.8 cm³/mol. The van der Waals surface area contributed by atoms with Gasteiger partial charge in [0.25, 0.3) is 0 Å². The minimum Gasteiger partial charge on any atom is -0.381 e. The van der Waals surface area contributed by atoms with Crippen LogP contribution in [-0.2, 0) is 16.0 Å². The van der Waals surface area contributed by atoms with Gasteiger partial charge in [-0.1, -0.05) is 6.92 Å². The van der Waals surface area contributed by atoms with E-state index in [-0.39, 0.29) is 5.91 Å². The molecule has 1 amide bonds. The molecule has 3 nitrogen and oxygen atoms in total. The maximum atomic E-state index is 12.1. The topological polar surface area (TPSA) is 29.5 Å². The molecule has 0 saturated carbocycles. The van der Waals surface area contributed by atoms with Gasteiger partial charge in [0.15, 0.2) is 0 Å². The van der Waals surface area contributed by atoms with E-state index in [1.165, 1.54) is 0 Å². The number of carbonyl (C=O) groups excluding carboxylic acids is 1. The van der Waals surface area contributed by atoms with Crippen molar-refractivity contribution >= 4 is 17.2 Å². The van der Waals surface area contributed by atoms with Crippen molar-refractivity contribution in [2.45, 2.75) is 26.2 Å². The molecule has 1 aromatic heterocycles. The van der Waals surface area contributed by atoms with Crippen LogP contribution in [-0.4, -0.2) is 37.1 Å². The van der Waals surface area contributed by atoms with Crippen molar-refractivity contribution < 1.29 is 9.53 Å². The Bertz CT molecular complexity index is 364. The number of likely N-dealkylation sites (tertiary alicyclic amines) is 1. The van der Waals surface area contributed by atoms with Gasteiger partial charge in [-0.15, -0.1) is 0 Å². The highest BCUT2D eigenvalue weighted by Gasteiger charge is 2.26. The summed E-state index contributed by atoms with van der Waals surface area (Å²) < 4.78 is 5.56. The summed E-state index contributed by atoms with van der Waals surface area (Å²) in [6.07, 6.45) is 2.69. The van der Waals surface area contributed by atoms with E-state index in [0.717, 1.165) is 44.7 Å². The van der Waals surface area contributed by atoms with Gasteiger partial charge in [0.1, 0.15) is 0 Å². The molecule has 1 saturated heterocycles. The van der Waals surface area contributed by atoms with E-state index in [1.807, 2.05) is 16.3 Å². The molecule has 1 aliphatic heterocycles. The lowest BCUT2D eigenvalue weighted by Crippen LogP contribution is -2.30. The number of nitrogens with zero attached hydrogens (tertiary/aromatic N) is 1. The van der Waals surface area contributed by atoms with Crippen molar-refractivity contribution in [3.8, 4) is 0 Å². The SMILES string of the molecule is CCCOC[C@H]1CCN(C(=O)Cc2ccsc2)C1. The molecule has 0 bridgehead atoms. The van der Waals surface area contributed by atoms with Crippen LogP contribution in [0.5, 0.6) is 0 Å². The normalized spacial score (nSPS) is 19.4. The smallest absolute Gasteiger partial charge is 0.227 e. The summed E-state index contributed by atoms with van der Waals surface area (Å²) >= 11 is 1.65. The van der Waals surface area contributed by atoms with Crippen molar-refractivity contribution in [1.29, 1.82) is 0 Å². The molecule has 0 spiro atoms. The third-order valence-corrected chi connectivity index (χ3v) is 4.01. The van der Waals surface area contributed by atoms with E-state index in [0.29, 0.717) is 12.3 Å². The van der Waals surface area contributed by atoms with Crippen LogP contribution in [0.25, 0.3) is 0 Å². The Labute approximate surface area is 113 Å². The van der Waals surface area contributed by atoms with Crippen LogP contribution < -0.4 is 0 Å². The van der Waals surface area contributed by atoms with Crippen LogP contribution in [0.4, 0.5) is 0 Å². The van der Waals surface area contributed by atoms with Gasteiger partial charge in [-0.3, -0.25) is 4.79 Å². The molecular weight excluding hydrogens is 246 g/mol. The van der Waals surface area contributed by atoms with Crippen molar-refractivity contribution in [3.63, 3.8) is 0 Å². The molecule has 1 atom stereocenters. The maximum absolute atomic E-state index is 12.1. The number of carbonyl (C=O) groups is 1. The summed E-state index contributed by atoms with van der Waals surface area (Å²) in [5.74, 6) is 0.786. The number of thiophene rings is 1. The number of rotatable bonds is 6. The molecule has 0 unspecified atom stereocenters. The van der Waals surface area contributed by atoms with Gasteiger partial charge >= 0.3 is 0 Å². The second-order valence-electron chi connectivity index (χ2n) is 4.88. The van der Waals surface area contributed by atoms with Crippen LogP contribution in [0.3, 0.4) is 0 Å². The maximum Gasteiger partial charge on any atom is 0.227 e. The summed E-state index contributed by atoms with van der Waals surface area (Å²) in [5.41, 5.74) is 1.13. The zero-order chi connectivity index (χ0) is 12.8. The number of hydrogen-bond acceptors (Lipinski definition) is 3. The molecule has 0 radical (unpaired) electrons. The quantitative estimate of drug-likeness (QED) is 0.741. The average molecular weight is 267 g/mol. The fourth-order valence-electron chi connectivity index (χ4n) is 2.27.